The van der Waals surface area contributed by atoms with Crippen molar-refractivity contribution in [3.05, 3.63) is 18.0 Å². The molecule has 0 radical (unpaired) electrons. The topological polar surface area (TPSA) is 88.3 Å². The Kier molecular flexibility index (Phi) is 6.09. The van der Waals surface area contributed by atoms with Gasteiger partial charge >= 0.3 is 0 Å². The van der Waals surface area contributed by atoms with E-state index in [1.54, 1.807) is 20.2 Å². The second-order valence-corrected chi connectivity index (χ2v) is 6.48. The standard InChI is InChI=1S/C12H18N4O3S.ClH/c1-4-11-10-7-9(8-14-12(10)19-15-11)20(17,18)16(3)6-5-13-2;/h7-8,13H,4-6H2,1-3H3;1H. The molecule has 0 atom stereocenters. The van der Waals surface area contributed by atoms with Crippen molar-refractivity contribution in [2.75, 3.05) is 27.2 Å². The molecule has 2 aromatic heterocycles. The van der Waals surface area contributed by atoms with Crippen LogP contribution in [0.4, 0.5) is 0 Å². The highest BCUT2D eigenvalue weighted by molar-refractivity contribution is 7.89. The molecule has 0 aromatic carbocycles. The number of aromatic nitrogens is 2. The third-order valence-electron chi connectivity index (χ3n) is 3.10. The fraction of sp³-hybridized carbons (Fsp3) is 0.500. The molecular weight excluding hydrogens is 316 g/mol. The van der Waals surface area contributed by atoms with E-state index in [1.165, 1.54) is 10.5 Å². The summed E-state index contributed by atoms with van der Waals surface area (Å²) in [4.78, 5) is 4.18. The predicted molar refractivity (Wildman–Crippen MR) is 82.2 cm³/mol. The van der Waals surface area contributed by atoms with Crippen LogP contribution in [0.1, 0.15) is 12.6 Å². The summed E-state index contributed by atoms with van der Waals surface area (Å²) in [7, 11) is -0.221. The highest BCUT2D eigenvalue weighted by atomic mass is 35.5. The summed E-state index contributed by atoms with van der Waals surface area (Å²) in [5, 5.41) is 7.44. The van der Waals surface area contributed by atoms with Crippen molar-refractivity contribution < 1.29 is 12.9 Å². The van der Waals surface area contributed by atoms with Gasteiger partial charge in [-0.2, -0.15) is 4.31 Å². The van der Waals surface area contributed by atoms with Crippen LogP contribution in [-0.4, -0.2) is 50.0 Å². The fourth-order valence-electron chi connectivity index (χ4n) is 1.83. The number of pyridine rings is 1. The van der Waals surface area contributed by atoms with E-state index in [2.05, 4.69) is 15.5 Å². The van der Waals surface area contributed by atoms with Gasteiger partial charge in [-0.3, -0.25) is 0 Å². The fourth-order valence-corrected chi connectivity index (χ4v) is 2.97. The third-order valence-corrected chi connectivity index (χ3v) is 4.92. The Bertz CT molecular complexity index is 702. The summed E-state index contributed by atoms with van der Waals surface area (Å²) in [6.45, 7) is 2.90. The second kappa shape index (κ2) is 7.17. The third kappa shape index (κ3) is 3.52. The first-order valence-corrected chi connectivity index (χ1v) is 7.80. The van der Waals surface area contributed by atoms with Crippen molar-refractivity contribution in [1.82, 2.24) is 19.8 Å². The SMILES string of the molecule is CCc1noc2ncc(S(=O)(=O)N(C)CCNC)cc12.Cl. The lowest BCUT2D eigenvalue weighted by molar-refractivity contribution is 0.439. The largest absolute Gasteiger partial charge is 0.336 e. The van der Waals surface area contributed by atoms with Crippen molar-refractivity contribution >= 4 is 33.5 Å². The minimum absolute atomic E-state index is 0. The van der Waals surface area contributed by atoms with Gasteiger partial charge in [0.25, 0.3) is 5.71 Å². The van der Waals surface area contributed by atoms with Crippen molar-refractivity contribution in [2.24, 2.45) is 0 Å². The number of halogens is 1. The number of rotatable bonds is 6. The van der Waals surface area contributed by atoms with E-state index < -0.39 is 10.0 Å². The smallest absolute Gasteiger partial charge is 0.258 e. The summed E-state index contributed by atoms with van der Waals surface area (Å²) in [6.07, 6.45) is 1.96. The maximum absolute atomic E-state index is 12.4. The molecule has 0 unspecified atom stereocenters. The molecular formula is C12H19ClN4O3S. The molecule has 0 fully saturated rings. The first-order valence-electron chi connectivity index (χ1n) is 6.36. The normalized spacial score (nSPS) is 11.8. The lowest BCUT2D eigenvalue weighted by Crippen LogP contribution is -2.32. The van der Waals surface area contributed by atoms with Crippen LogP contribution in [0.3, 0.4) is 0 Å². The number of aryl methyl sites for hydroxylation is 1. The minimum atomic E-state index is -3.54. The molecule has 0 spiro atoms. The average molecular weight is 335 g/mol. The monoisotopic (exact) mass is 334 g/mol. The zero-order valence-corrected chi connectivity index (χ0v) is 13.8. The number of nitrogens with one attached hydrogen (secondary N) is 1. The van der Waals surface area contributed by atoms with Crippen molar-refractivity contribution in [3.63, 3.8) is 0 Å². The highest BCUT2D eigenvalue weighted by Gasteiger charge is 2.22. The van der Waals surface area contributed by atoms with Crippen LogP contribution < -0.4 is 5.32 Å². The minimum Gasteiger partial charge on any atom is -0.336 e. The maximum Gasteiger partial charge on any atom is 0.258 e. The van der Waals surface area contributed by atoms with Gasteiger partial charge in [0.2, 0.25) is 10.0 Å². The Hall–Kier alpha value is -1.22. The summed E-state index contributed by atoms with van der Waals surface area (Å²) in [6, 6.07) is 1.57. The van der Waals surface area contributed by atoms with Gasteiger partial charge in [-0.1, -0.05) is 12.1 Å². The van der Waals surface area contributed by atoms with Crippen LogP contribution in [0.2, 0.25) is 0 Å². The lowest BCUT2D eigenvalue weighted by atomic mass is 10.2. The van der Waals surface area contributed by atoms with Gasteiger partial charge in [0.1, 0.15) is 4.90 Å². The molecule has 0 aliphatic carbocycles. The molecule has 0 bridgehead atoms. The van der Waals surface area contributed by atoms with E-state index in [9.17, 15) is 8.42 Å². The van der Waals surface area contributed by atoms with Gasteiger partial charge < -0.3 is 9.84 Å². The maximum atomic E-state index is 12.4. The highest BCUT2D eigenvalue weighted by Crippen LogP contribution is 2.22. The molecule has 0 aliphatic rings. The summed E-state index contributed by atoms with van der Waals surface area (Å²) in [5.74, 6) is 0. The van der Waals surface area contributed by atoms with Gasteiger partial charge in [0.05, 0.1) is 17.3 Å². The Morgan fingerprint density at radius 1 is 1.43 bits per heavy atom. The summed E-state index contributed by atoms with van der Waals surface area (Å²) < 4.78 is 31.2. The number of hydrogen-bond acceptors (Lipinski definition) is 6. The molecule has 118 valence electrons. The summed E-state index contributed by atoms with van der Waals surface area (Å²) >= 11 is 0. The average Bonchev–Trinajstić information content (AvgIpc) is 2.86. The van der Waals surface area contributed by atoms with E-state index in [-0.39, 0.29) is 17.3 Å². The number of sulfonamides is 1. The molecule has 0 aliphatic heterocycles. The first kappa shape index (κ1) is 17.8. The Labute approximate surface area is 130 Å². The van der Waals surface area contributed by atoms with Crippen molar-refractivity contribution in [1.29, 1.82) is 0 Å². The van der Waals surface area contributed by atoms with Crippen LogP contribution >= 0.6 is 12.4 Å². The van der Waals surface area contributed by atoms with E-state index in [0.29, 0.717) is 36.3 Å². The molecule has 7 nitrogen and oxygen atoms in total. The van der Waals surface area contributed by atoms with E-state index in [4.69, 9.17) is 4.52 Å². The van der Waals surface area contributed by atoms with Gasteiger partial charge in [0.15, 0.2) is 0 Å². The molecule has 9 heteroatoms. The van der Waals surface area contributed by atoms with Crippen LogP contribution in [0, 0.1) is 0 Å². The lowest BCUT2D eigenvalue weighted by Gasteiger charge is -2.16. The number of nitrogens with zero attached hydrogens (tertiary/aromatic N) is 3. The molecule has 2 heterocycles. The quantitative estimate of drug-likeness (QED) is 0.849. The Morgan fingerprint density at radius 2 is 2.14 bits per heavy atom. The zero-order chi connectivity index (χ0) is 14.8. The predicted octanol–water partition coefficient (Wildman–Crippen LogP) is 1.05. The van der Waals surface area contributed by atoms with Gasteiger partial charge in [-0.15, -0.1) is 12.4 Å². The molecule has 0 saturated carbocycles. The molecule has 21 heavy (non-hydrogen) atoms. The molecule has 2 rings (SSSR count). The van der Waals surface area contributed by atoms with Crippen LogP contribution in [0.25, 0.3) is 11.1 Å². The Morgan fingerprint density at radius 3 is 2.76 bits per heavy atom. The van der Waals surface area contributed by atoms with Crippen LogP contribution in [0.5, 0.6) is 0 Å². The van der Waals surface area contributed by atoms with E-state index in [1.807, 2.05) is 6.92 Å². The van der Waals surface area contributed by atoms with Gasteiger partial charge in [-0.25, -0.2) is 13.4 Å². The number of fused-ring (bicyclic) bond motifs is 1. The molecule has 1 N–H and O–H groups in total. The summed E-state index contributed by atoms with van der Waals surface area (Å²) in [5.41, 5.74) is 1.07. The van der Waals surface area contributed by atoms with Crippen molar-refractivity contribution in [2.45, 2.75) is 18.2 Å². The molecule has 2 aromatic rings. The van der Waals surface area contributed by atoms with Gasteiger partial charge in [-0.05, 0) is 19.5 Å². The van der Waals surface area contributed by atoms with E-state index >= 15 is 0 Å². The van der Waals surface area contributed by atoms with Crippen LogP contribution in [0.15, 0.2) is 21.7 Å². The second-order valence-electron chi connectivity index (χ2n) is 4.44. The molecule has 0 saturated heterocycles. The number of likely N-dealkylation sites (N-methyl/N-ethyl adjacent to an activating group) is 2. The van der Waals surface area contributed by atoms with Crippen LogP contribution in [-0.2, 0) is 16.4 Å². The number of hydrogen-bond donors (Lipinski definition) is 1. The zero-order valence-electron chi connectivity index (χ0n) is 12.2. The van der Waals surface area contributed by atoms with Gasteiger partial charge in [0, 0.05) is 20.1 Å². The molecule has 0 amide bonds. The first-order chi connectivity index (χ1) is 9.50. The Balaban J connectivity index is 0.00000220. The van der Waals surface area contributed by atoms with Crippen molar-refractivity contribution in [3.8, 4) is 0 Å². The van der Waals surface area contributed by atoms with E-state index in [0.717, 1.165) is 0 Å².